The topological polar surface area (TPSA) is 102 Å². The molecule has 0 atom stereocenters. The number of aryl methyl sites for hydroxylation is 2. The van der Waals surface area contributed by atoms with Crippen LogP contribution in [0.4, 0.5) is 4.39 Å². The lowest BCUT2D eigenvalue weighted by Crippen LogP contribution is -2.36. The third kappa shape index (κ3) is 11.4. The van der Waals surface area contributed by atoms with Crippen LogP contribution in [0.25, 0.3) is 22.3 Å². The van der Waals surface area contributed by atoms with Gasteiger partial charge in [0.05, 0.1) is 31.8 Å². The van der Waals surface area contributed by atoms with Crippen LogP contribution in [0.15, 0.2) is 78.9 Å². The average Bonchev–Trinajstić information content (AvgIpc) is 3.11. The molecule has 0 fully saturated rings. The summed E-state index contributed by atoms with van der Waals surface area (Å²) < 4.78 is 33.2. The maximum Gasteiger partial charge on any atom is 0.338 e. The first-order valence-corrected chi connectivity index (χ1v) is 17.6. The quantitative estimate of drug-likeness (QED) is 0.0499. The number of carbonyl (C=O) groups is 2. The molecule has 0 amide bonds. The Labute approximate surface area is 296 Å². The molecular formula is C42H53FO7. The number of benzene rings is 3. The molecule has 7 nitrogen and oxygen atoms in total. The number of unbranched alkanes of at least 4 members (excludes halogenated alkanes) is 4. The van der Waals surface area contributed by atoms with E-state index in [2.05, 4.69) is 32.2 Å². The molecule has 0 saturated carbocycles. The molecule has 0 spiro atoms. The van der Waals surface area contributed by atoms with Crippen LogP contribution in [-0.4, -0.2) is 48.6 Å². The van der Waals surface area contributed by atoms with Gasteiger partial charge in [-0.05, 0) is 92.0 Å². The summed E-state index contributed by atoms with van der Waals surface area (Å²) >= 11 is 0. The lowest BCUT2D eigenvalue weighted by molar-refractivity contribution is -0.139. The fourth-order valence-electron chi connectivity index (χ4n) is 5.40. The largest absolute Gasteiger partial charge is 0.489 e. The van der Waals surface area contributed by atoms with Crippen molar-refractivity contribution in [1.29, 1.82) is 0 Å². The van der Waals surface area contributed by atoms with Crippen LogP contribution in [0, 0.1) is 11.2 Å². The van der Waals surface area contributed by atoms with Gasteiger partial charge in [-0.3, -0.25) is 0 Å². The van der Waals surface area contributed by atoms with Crippen LogP contribution in [-0.2, 0) is 27.2 Å². The van der Waals surface area contributed by atoms with Gasteiger partial charge in [0.15, 0.2) is 11.5 Å². The SMILES string of the molecule is C=C(C)C(=O)OCCCc1cc(-c2ccc(-c3ccc(CCCCCCC)cc3)cc2F)cc(OC(=O)C(=C)C)c1OCC(CC)(CO)CO. The Kier molecular flexibility index (Phi) is 15.9. The summed E-state index contributed by atoms with van der Waals surface area (Å²) in [5, 5.41) is 20.1. The van der Waals surface area contributed by atoms with Gasteiger partial charge in [0.25, 0.3) is 0 Å². The Morgan fingerprint density at radius 3 is 2.04 bits per heavy atom. The number of carbonyl (C=O) groups excluding carboxylic acids is 2. The molecule has 0 heterocycles. The Bertz CT molecular complexity index is 1600. The molecule has 0 aliphatic carbocycles. The van der Waals surface area contributed by atoms with Crippen LogP contribution in [0.2, 0.25) is 0 Å². The maximum absolute atomic E-state index is 16.0. The molecule has 0 radical (unpaired) electrons. The van der Waals surface area contributed by atoms with Crippen LogP contribution >= 0.6 is 0 Å². The molecule has 270 valence electrons. The molecule has 0 saturated heterocycles. The van der Waals surface area contributed by atoms with Crippen molar-refractivity contribution in [3.8, 4) is 33.8 Å². The predicted octanol–water partition coefficient (Wildman–Crippen LogP) is 8.97. The van der Waals surface area contributed by atoms with Gasteiger partial charge in [-0.15, -0.1) is 0 Å². The van der Waals surface area contributed by atoms with Gasteiger partial charge in [0.2, 0.25) is 0 Å². The van der Waals surface area contributed by atoms with E-state index in [1.54, 1.807) is 25.1 Å². The van der Waals surface area contributed by atoms with E-state index in [1.807, 2.05) is 25.1 Å². The lowest BCUT2D eigenvalue weighted by atomic mass is 9.88. The third-order valence-electron chi connectivity index (χ3n) is 8.93. The van der Waals surface area contributed by atoms with E-state index in [9.17, 15) is 19.8 Å². The van der Waals surface area contributed by atoms with Gasteiger partial charge in [0, 0.05) is 16.7 Å². The third-order valence-corrected chi connectivity index (χ3v) is 8.93. The molecule has 2 N–H and O–H groups in total. The summed E-state index contributed by atoms with van der Waals surface area (Å²) in [5.74, 6) is -1.42. The highest BCUT2D eigenvalue weighted by atomic mass is 19.1. The highest BCUT2D eigenvalue weighted by molar-refractivity contribution is 5.89. The van der Waals surface area contributed by atoms with Gasteiger partial charge >= 0.3 is 11.9 Å². The Morgan fingerprint density at radius 1 is 0.780 bits per heavy atom. The summed E-state index contributed by atoms with van der Waals surface area (Å²) in [6.45, 7) is 13.8. The zero-order valence-electron chi connectivity index (χ0n) is 30.1. The van der Waals surface area contributed by atoms with E-state index < -0.39 is 23.2 Å². The van der Waals surface area contributed by atoms with Crippen molar-refractivity contribution in [2.45, 2.75) is 85.5 Å². The number of ether oxygens (including phenoxy) is 3. The molecule has 0 aliphatic heterocycles. The van der Waals surface area contributed by atoms with Crippen LogP contribution < -0.4 is 9.47 Å². The standard InChI is InChI=1S/C42H53FO7/c1-7-9-10-11-12-14-31-16-18-32(19-17-31)33-20-21-36(37(43)24-33)35-23-34(15-13-22-48-40(46)29(3)4)39(38(25-35)50-41(47)30(5)6)49-28-42(8-2,26-44)27-45/h16-21,23-25,44-45H,3,5,7-15,22,26-28H2,1-2,4,6H3. The molecule has 8 heteroatoms. The molecular weight excluding hydrogens is 635 g/mol. The molecule has 0 aromatic heterocycles. The average molecular weight is 689 g/mol. The second kappa shape index (κ2) is 19.8. The molecule has 0 aliphatic rings. The van der Waals surface area contributed by atoms with Crippen molar-refractivity contribution in [2.75, 3.05) is 26.4 Å². The molecule has 3 aromatic carbocycles. The van der Waals surface area contributed by atoms with E-state index in [0.717, 1.165) is 24.0 Å². The van der Waals surface area contributed by atoms with Gasteiger partial charge < -0.3 is 24.4 Å². The fourth-order valence-corrected chi connectivity index (χ4v) is 5.40. The highest BCUT2D eigenvalue weighted by Gasteiger charge is 2.29. The Hall–Kier alpha value is -4.27. The molecule has 0 bridgehead atoms. The van der Waals surface area contributed by atoms with Crippen LogP contribution in [0.3, 0.4) is 0 Å². The Morgan fingerprint density at radius 2 is 1.44 bits per heavy atom. The smallest absolute Gasteiger partial charge is 0.338 e. The number of aliphatic hydroxyl groups is 2. The minimum absolute atomic E-state index is 0.0408. The minimum Gasteiger partial charge on any atom is -0.489 e. The molecule has 50 heavy (non-hydrogen) atoms. The number of aliphatic hydroxyl groups excluding tert-OH is 2. The zero-order chi connectivity index (χ0) is 36.7. The molecule has 3 rings (SSSR count). The van der Waals surface area contributed by atoms with E-state index in [4.69, 9.17) is 14.2 Å². The first kappa shape index (κ1) is 40.2. The number of hydrogen-bond donors (Lipinski definition) is 2. The number of esters is 2. The summed E-state index contributed by atoms with van der Waals surface area (Å²) in [6.07, 6.45) is 8.25. The number of rotatable bonds is 21. The van der Waals surface area contributed by atoms with Gasteiger partial charge in [0.1, 0.15) is 5.82 Å². The Balaban J connectivity index is 2.00. The highest BCUT2D eigenvalue weighted by Crippen LogP contribution is 2.40. The van der Waals surface area contributed by atoms with Gasteiger partial charge in [-0.1, -0.05) is 89.1 Å². The van der Waals surface area contributed by atoms with Crippen molar-refractivity contribution in [2.24, 2.45) is 5.41 Å². The van der Waals surface area contributed by atoms with Gasteiger partial charge in [-0.2, -0.15) is 0 Å². The fraction of sp³-hybridized carbons (Fsp3) is 0.429. The number of hydrogen-bond acceptors (Lipinski definition) is 7. The van der Waals surface area contributed by atoms with E-state index in [-0.39, 0.29) is 49.1 Å². The van der Waals surface area contributed by atoms with Crippen LogP contribution in [0.5, 0.6) is 11.5 Å². The van der Waals surface area contributed by atoms with Crippen molar-refractivity contribution in [3.05, 3.63) is 95.8 Å². The first-order chi connectivity index (χ1) is 24.0. The van der Waals surface area contributed by atoms with Gasteiger partial charge in [-0.25, -0.2) is 14.0 Å². The summed E-state index contributed by atoms with van der Waals surface area (Å²) in [7, 11) is 0. The maximum atomic E-state index is 16.0. The predicted molar refractivity (Wildman–Crippen MR) is 197 cm³/mol. The van der Waals surface area contributed by atoms with Crippen molar-refractivity contribution in [3.63, 3.8) is 0 Å². The van der Waals surface area contributed by atoms with E-state index in [1.165, 1.54) is 44.2 Å². The molecule has 3 aromatic rings. The van der Waals surface area contributed by atoms with E-state index >= 15 is 4.39 Å². The second-order valence-electron chi connectivity index (χ2n) is 13.2. The molecule has 0 unspecified atom stereocenters. The minimum atomic E-state index is -0.947. The normalized spacial score (nSPS) is 11.3. The van der Waals surface area contributed by atoms with E-state index in [0.29, 0.717) is 36.0 Å². The summed E-state index contributed by atoms with van der Waals surface area (Å²) in [6, 6.07) is 16.6. The van der Waals surface area contributed by atoms with Crippen molar-refractivity contribution >= 4 is 11.9 Å². The first-order valence-electron chi connectivity index (χ1n) is 17.6. The lowest BCUT2D eigenvalue weighted by Gasteiger charge is -2.29. The number of halogens is 1. The zero-order valence-corrected chi connectivity index (χ0v) is 30.1. The van der Waals surface area contributed by atoms with Crippen molar-refractivity contribution in [1.82, 2.24) is 0 Å². The monoisotopic (exact) mass is 688 g/mol. The van der Waals surface area contributed by atoms with Crippen LogP contribution in [0.1, 0.15) is 83.8 Å². The van der Waals surface area contributed by atoms with Crippen molar-refractivity contribution < 1.29 is 38.4 Å². The summed E-state index contributed by atoms with van der Waals surface area (Å²) in [4.78, 5) is 24.8. The second-order valence-corrected chi connectivity index (χ2v) is 13.2. The summed E-state index contributed by atoms with van der Waals surface area (Å²) in [5.41, 5.74) is 3.69.